The van der Waals surface area contributed by atoms with Crippen molar-refractivity contribution >= 4 is 17.7 Å². The number of hydrogen-bond acceptors (Lipinski definition) is 7. The summed E-state index contributed by atoms with van der Waals surface area (Å²) < 4.78 is 21.1. The predicted octanol–water partition coefficient (Wildman–Crippen LogP) is 4.81. The number of carbonyl (C=O) groups excluding carboxylic acids is 2. The summed E-state index contributed by atoms with van der Waals surface area (Å²) in [5, 5.41) is 11.6. The highest BCUT2D eigenvalue weighted by Gasteiger charge is 2.16. The third-order valence-corrected chi connectivity index (χ3v) is 4.56. The summed E-state index contributed by atoms with van der Waals surface area (Å²) in [6.07, 6.45) is 4.18. The van der Waals surface area contributed by atoms with Gasteiger partial charge in [0.05, 0.1) is 20.3 Å². The van der Waals surface area contributed by atoms with Gasteiger partial charge in [-0.25, -0.2) is 9.59 Å². The molecule has 1 atom stereocenters. The number of anilines is 1. The third-order valence-electron chi connectivity index (χ3n) is 4.56. The molecule has 34 heavy (non-hydrogen) atoms. The van der Waals surface area contributed by atoms with Gasteiger partial charge in [-0.3, -0.25) is 5.32 Å². The van der Waals surface area contributed by atoms with Crippen LogP contribution in [0.5, 0.6) is 11.5 Å². The number of amides is 1. The lowest BCUT2D eigenvalue weighted by molar-refractivity contribution is -0.137. The van der Waals surface area contributed by atoms with Gasteiger partial charge in [-0.05, 0) is 61.4 Å². The first-order valence-electron chi connectivity index (χ1n) is 10.9. The molecule has 0 bridgehead atoms. The first-order chi connectivity index (χ1) is 16.4. The fourth-order valence-corrected chi connectivity index (χ4v) is 2.94. The van der Waals surface area contributed by atoms with E-state index < -0.39 is 18.2 Å². The summed E-state index contributed by atoms with van der Waals surface area (Å²) in [5.41, 5.74) is 2.05. The third kappa shape index (κ3) is 9.38. The molecule has 182 valence electrons. The Morgan fingerprint density at radius 3 is 2.35 bits per heavy atom. The van der Waals surface area contributed by atoms with Crippen molar-refractivity contribution in [2.75, 3.05) is 32.2 Å². The van der Waals surface area contributed by atoms with E-state index in [-0.39, 0.29) is 13.2 Å². The Bertz CT molecular complexity index is 966. The number of aliphatic hydroxyl groups excluding tert-OH is 1. The first kappa shape index (κ1) is 26.5. The van der Waals surface area contributed by atoms with Crippen molar-refractivity contribution in [3.8, 4) is 11.5 Å². The SMILES string of the molecule is CCOC(=O)/C=C(C)/C=C/C[C@@H](OC(=O)Nc1ccc(OC)cc1)c1ccc(OCCO)cc1. The minimum atomic E-state index is -0.608. The molecule has 0 radical (unpaired) electrons. The molecule has 2 aromatic rings. The smallest absolute Gasteiger partial charge is 0.412 e. The van der Waals surface area contributed by atoms with Gasteiger partial charge in [0.1, 0.15) is 24.2 Å². The molecule has 1 amide bonds. The zero-order valence-electron chi connectivity index (χ0n) is 19.7. The molecule has 0 unspecified atom stereocenters. The van der Waals surface area contributed by atoms with E-state index in [9.17, 15) is 9.59 Å². The molecule has 8 nitrogen and oxygen atoms in total. The number of hydrogen-bond donors (Lipinski definition) is 2. The number of carbonyl (C=O) groups is 2. The maximum Gasteiger partial charge on any atom is 0.412 e. The summed E-state index contributed by atoms with van der Waals surface area (Å²) in [7, 11) is 1.57. The molecule has 0 fully saturated rings. The highest BCUT2D eigenvalue weighted by molar-refractivity contribution is 5.85. The largest absolute Gasteiger partial charge is 0.497 e. The van der Waals surface area contributed by atoms with Gasteiger partial charge in [-0.2, -0.15) is 0 Å². The zero-order chi connectivity index (χ0) is 24.8. The maximum absolute atomic E-state index is 12.6. The van der Waals surface area contributed by atoms with Gasteiger partial charge < -0.3 is 24.1 Å². The second kappa shape index (κ2) is 14.4. The molecular formula is C26H31NO7. The molecular weight excluding hydrogens is 438 g/mol. The van der Waals surface area contributed by atoms with Gasteiger partial charge in [0.2, 0.25) is 0 Å². The topological polar surface area (TPSA) is 103 Å². The molecule has 2 N–H and O–H groups in total. The van der Waals surface area contributed by atoms with E-state index in [1.54, 1.807) is 75.6 Å². The van der Waals surface area contributed by atoms with Crippen molar-refractivity contribution < 1.29 is 33.6 Å². The number of rotatable bonds is 12. The van der Waals surface area contributed by atoms with Gasteiger partial charge in [-0.15, -0.1) is 0 Å². The van der Waals surface area contributed by atoms with Crippen molar-refractivity contribution in [2.24, 2.45) is 0 Å². The van der Waals surface area contributed by atoms with Crippen molar-refractivity contribution in [1.82, 2.24) is 0 Å². The van der Waals surface area contributed by atoms with Crippen LogP contribution >= 0.6 is 0 Å². The van der Waals surface area contributed by atoms with Crippen LogP contribution in [0.3, 0.4) is 0 Å². The number of methoxy groups -OCH3 is 1. The Hall–Kier alpha value is -3.78. The van der Waals surface area contributed by atoms with E-state index in [2.05, 4.69) is 5.32 Å². The van der Waals surface area contributed by atoms with Crippen LogP contribution in [0.1, 0.15) is 31.9 Å². The second-order valence-corrected chi connectivity index (χ2v) is 7.17. The minimum absolute atomic E-state index is 0.0809. The summed E-state index contributed by atoms with van der Waals surface area (Å²) in [6, 6.07) is 14.0. The number of benzene rings is 2. The van der Waals surface area contributed by atoms with Crippen molar-refractivity contribution in [3.63, 3.8) is 0 Å². The van der Waals surface area contributed by atoms with Crippen LogP contribution in [-0.2, 0) is 14.3 Å². The van der Waals surface area contributed by atoms with Crippen LogP contribution in [0.25, 0.3) is 0 Å². The van der Waals surface area contributed by atoms with E-state index in [0.29, 0.717) is 35.8 Å². The number of ether oxygens (including phenoxy) is 4. The number of aliphatic hydroxyl groups is 1. The van der Waals surface area contributed by atoms with Gasteiger partial charge >= 0.3 is 12.1 Å². The average molecular weight is 470 g/mol. The summed E-state index contributed by atoms with van der Waals surface area (Å²) in [5.74, 6) is 0.870. The Morgan fingerprint density at radius 2 is 1.74 bits per heavy atom. The van der Waals surface area contributed by atoms with Crippen LogP contribution in [-0.4, -0.2) is 44.1 Å². The average Bonchev–Trinajstić information content (AvgIpc) is 2.83. The van der Waals surface area contributed by atoms with Gasteiger partial charge in [0, 0.05) is 18.2 Å². The minimum Gasteiger partial charge on any atom is -0.497 e. The van der Waals surface area contributed by atoms with Crippen molar-refractivity contribution in [2.45, 2.75) is 26.4 Å². The van der Waals surface area contributed by atoms with E-state index in [1.165, 1.54) is 6.08 Å². The zero-order valence-corrected chi connectivity index (χ0v) is 19.7. The molecule has 0 saturated carbocycles. The van der Waals surface area contributed by atoms with Crippen molar-refractivity contribution in [3.05, 3.63) is 77.9 Å². The highest BCUT2D eigenvalue weighted by atomic mass is 16.6. The molecule has 0 aromatic heterocycles. The Kier molecular flexibility index (Phi) is 11.2. The molecule has 2 aromatic carbocycles. The van der Waals surface area contributed by atoms with Crippen molar-refractivity contribution in [1.29, 1.82) is 0 Å². The quantitative estimate of drug-likeness (QED) is 0.261. The monoisotopic (exact) mass is 469 g/mol. The predicted molar refractivity (Wildman–Crippen MR) is 129 cm³/mol. The molecule has 8 heteroatoms. The fraction of sp³-hybridized carbons (Fsp3) is 0.308. The van der Waals surface area contributed by atoms with Gasteiger partial charge in [0.15, 0.2) is 0 Å². The number of nitrogens with one attached hydrogen (secondary N) is 1. The highest BCUT2D eigenvalue weighted by Crippen LogP contribution is 2.26. The standard InChI is InChI=1S/C26H31NO7/c1-4-32-25(29)18-19(2)6-5-7-24(20-8-12-23(13-9-20)33-17-16-28)34-26(30)27-21-10-14-22(31-3)15-11-21/h5-6,8-15,18,24,28H,4,7,16-17H2,1-3H3,(H,27,30)/b6-5+,19-18+/t24-/m1/s1. The second-order valence-electron chi connectivity index (χ2n) is 7.17. The molecule has 0 aliphatic carbocycles. The normalized spacial score (nSPS) is 12.2. The molecule has 0 heterocycles. The van der Waals surface area contributed by atoms with Gasteiger partial charge in [-0.1, -0.05) is 24.3 Å². The molecule has 2 rings (SSSR count). The van der Waals surface area contributed by atoms with E-state index >= 15 is 0 Å². The first-order valence-corrected chi connectivity index (χ1v) is 10.9. The Balaban J connectivity index is 2.11. The lowest BCUT2D eigenvalue weighted by Crippen LogP contribution is -2.17. The van der Waals surface area contributed by atoms with Crippen LogP contribution in [0.4, 0.5) is 10.5 Å². The lowest BCUT2D eigenvalue weighted by Gasteiger charge is -2.18. The molecule has 0 saturated heterocycles. The van der Waals surface area contributed by atoms with E-state index in [4.69, 9.17) is 24.1 Å². The molecule has 0 spiro atoms. The van der Waals surface area contributed by atoms with E-state index in [1.807, 2.05) is 6.08 Å². The molecule has 0 aliphatic heterocycles. The number of esters is 1. The fourth-order valence-electron chi connectivity index (χ4n) is 2.94. The van der Waals surface area contributed by atoms with Crippen LogP contribution < -0.4 is 14.8 Å². The Labute approximate surface area is 199 Å². The van der Waals surface area contributed by atoms with Crippen LogP contribution in [0.2, 0.25) is 0 Å². The lowest BCUT2D eigenvalue weighted by atomic mass is 10.1. The maximum atomic E-state index is 12.6. The molecule has 0 aliphatic rings. The Morgan fingerprint density at radius 1 is 1.06 bits per heavy atom. The van der Waals surface area contributed by atoms with Crippen LogP contribution in [0.15, 0.2) is 72.3 Å². The summed E-state index contributed by atoms with van der Waals surface area (Å²) in [4.78, 5) is 24.2. The van der Waals surface area contributed by atoms with E-state index in [0.717, 1.165) is 5.56 Å². The summed E-state index contributed by atoms with van der Waals surface area (Å²) >= 11 is 0. The van der Waals surface area contributed by atoms with Crippen LogP contribution in [0, 0.1) is 0 Å². The number of allylic oxidation sites excluding steroid dienone is 2. The van der Waals surface area contributed by atoms with Gasteiger partial charge in [0.25, 0.3) is 0 Å². The summed E-state index contributed by atoms with van der Waals surface area (Å²) in [6.45, 7) is 3.95.